The van der Waals surface area contributed by atoms with Crippen molar-refractivity contribution in [3.05, 3.63) is 48.0 Å². The minimum absolute atomic E-state index is 0.384. The van der Waals surface area contributed by atoms with E-state index in [0.717, 1.165) is 0 Å². The zero-order valence-corrected chi connectivity index (χ0v) is 14.6. The molecule has 0 aliphatic carbocycles. The van der Waals surface area contributed by atoms with E-state index in [1.54, 1.807) is 19.1 Å². The van der Waals surface area contributed by atoms with Gasteiger partial charge >= 0.3 is 0 Å². The predicted octanol–water partition coefficient (Wildman–Crippen LogP) is 3.39. The standard InChI is InChI=1S/C20H18N4O2/c1-3-8-16-18(11-21,12-22)19(13-23)15(4-2)20(25-16,26-17(19)24)14-9-6-5-7-10-14/h3,5-10,15-16,24H,4H2,1-2H3. The van der Waals surface area contributed by atoms with E-state index < -0.39 is 28.6 Å². The fourth-order valence-electron chi connectivity index (χ4n) is 4.29. The molecule has 2 saturated heterocycles. The summed E-state index contributed by atoms with van der Waals surface area (Å²) in [4.78, 5) is 0. The van der Waals surface area contributed by atoms with Gasteiger partial charge in [-0.1, -0.05) is 49.4 Å². The Kier molecular flexibility index (Phi) is 4.07. The third-order valence-electron chi connectivity index (χ3n) is 5.42. The van der Waals surface area contributed by atoms with E-state index in [4.69, 9.17) is 14.9 Å². The molecule has 0 aromatic heterocycles. The minimum Gasteiger partial charge on any atom is -0.443 e. The van der Waals surface area contributed by atoms with Gasteiger partial charge in [-0.05, 0) is 13.3 Å². The van der Waals surface area contributed by atoms with Crippen LogP contribution in [0, 0.1) is 56.2 Å². The summed E-state index contributed by atoms with van der Waals surface area (Å²) < 4.78 is 12.1. The lowest BCUT2D eigenvalue weighted by atomic mass is 9.53. The first-order valence-corrected chi connectivity index (χ1v) is 8.40. The van der Waals surface area contributed by atoms with Crippen LogP contribution >= 0.6 is 0 Å². The molecule has 0 amide bonds. The van der Waals surface area contributed by atoms with E-state index in [-0.39, 0.29) is 5.90 Å². The zero-order chi connectivity index (χ0) is 19.0. The number of benzene rings is 1. The molecule has 0 spiro atoms. The molecule has 6 heteroatoms. The lowest BCUT2D eigenvalue weighted by molar-refractivity contribution is -0.278. The topological polar surface area (TPSA) is 114 Å². The summed E-state index contributed by atoms with van der Waals surface area (Å²) in [5.74, 6) is -2.44. The molecule has 2 heterocycles. The number of nitrogens with one attached hydrogen (secondary N) is 1. The summed E-state index contributed by atoms with van der Waals surface area (Å²) in [6.45, 7) is 3.59. The molecule has 2 fully saturated rings. The zero-order valence-electron chi connectivity index (χ0n) is 14.6. The Bertz CT molecular complexity index is 875. The van der Waals surface area contributed by atoms with E-state index in [1.807, 2.05) is 49.4 Å². The Balaban J connectivity index is 2.38. The molecule has 0 radical (unpaired) electrons. The molecule has 0 saturated carbocycles. The molecular formula is C20H18N4O2. The van der Waals surface area contributed by atoms with Gasteiger partial charge in [0.25, 0.3) is 0 Å². The summed E-state index contributed by atoms with van der Waals surface area (Å²) >= 11 is 0. The van der Waals surface area contributed by atoms with E-state index in [2.05, 4.69) is 6.07 Å². The number of rotatable bonds is 3. The van der Waals surface area contributed by atoms with Crippen LogP contribution in [0.4, 0.5) is 0 Å². The smallest absolute Gasteiger partial charge is 0.244 e. The Morgan fingerprint density at radius 3 is 2.31 bits per heavy atom. The molecule has 6 nitrogen and oxygen atoms in total. The van der Waals surface area contributed by atoms with Gasteiger partial charge in [0.1, 0.15) is 6.10 Å². The van der Waals surface area contributed by atoms with Crippen molar-refractivity contribution in [1.82, 2.24) is 0 Å². The summed E-state index contributed by atoms with van der Waals surface area (Å²) in [5, 5.41) is 38.5. The van der Waals surface area contributed by atoms with Gasteiger partial charge in [0.2, 0.25) is 17.1 Å². The normalized spacial score (nSPS) is 34.5. The van der Waals surface area contributed by atoms with Crippen LogP contribution < -0.4 is 0 Å². The molecule has 2 aliphatic heterocycles. The number of hydrogen-bond donors (Lipinski definition) is 1. The predicted molar refractivity (Wildman–Crippen MR) is 92.1 cm³/mol. The summed E-state index contributed by atoms with van der Waals surface area (Å²) in [6, 6.07) is 15.2. The Labute approximate surface area is 152 Å². The van der Waals surface area contributed by atoms with Crippen LogP contribution in [-0.2, 0) is 15.3 Å². The van der Waals surface area contributed by atoms with E-state index in [0.29, 0.717) is 12.0 Å². The second-order valence-corrected chi connectivity index (χ2v) is 6.44. The number of hydrogen-bond acceptors (Lipinski definition) is 6. The van der Waals surface area contributed by atoms with Gasteiger partial charge in [-0.25, -0.2) is 0 Å². The third kappa shape index (κ3) is 1.79. The van der Waals surface area contributed by atoms with Gasteiger partial charge < -0.3 is 9.47 Å². The number of ether oxygens (including phenoxy) is 2. The van der Waals surface area contributed by atoms with Gasteiger partial charge in [0, 0.05) is 5.56 Å². The third-order valence-corrected chi connectivity index (χ3v) is 5.42. The Morgan fingerprint density at radius 1 is 1.15 bits per heavy atom. The monoisotopic (exact) mass is 346 g/mol. The molecule has 26 heavy (non-hydrogen) atoms. The number of allylic oxidation sites excluding steroid dienone is 1. The number of nitriles is 3. The highest BCUT2D eigenvalue weighted by Crippen LogP contribution is 2.66. The van der Waals surface area contributed by atoms with Crippen LogP contribution in [0.25, 0.3) is 0 Å². The fourth-order valence-corrected chi connectivity index (χ4v) is 4.29. The van der Waals surface area contributed by atoms with Crippen LogP contribution in [0.15, 0.2) is 42.5 Å². The Hall–Kier alpha value is -3.14. The molecular weight excluding hydrogens is 328 g/mol. The second kappa shape index (κ2) is 5.99. The van der Waals surface area contributed by atoms with Crippen LogP contribution in [0.1, 0.15) is 25.8 Å². The molecule has 1 aromatic carbocycles. The van der Waals surface area contributed by atoms with Gasteiger partial charge in [-0.15, -0.1) is 0 Å². The van der Waals surface area contributed by atoms with Crippen LogP contribution in [0.5, 0.6) is 0 Å². The molecule has 130 valence electrons. The van der Waals surface area contributed by atoms with Crippen LogP contribution in [-0.4, -0.2) is 12.0 Å². The molecule has 4 unspecified atom stereocenters. The lowest BCUT2D eigenvalue weighted by Crippen LogP contribution is -2.61. The quantitative estimate of drug-likeness (QED) is 0.843. The first kappa shape index (κ1) is 17.7. The van der Waals surface area contributed by atoms with E-state index in [9.17, 15) is 15.8 Å². The van der Waals surface area contributed by atoms with Crippen LogP contribution in [0.3, 0.4) is 0 Å². The average Bonchev–Trinajstić information content (AvgIpc) is 2.88. The van der Waals surface area contributed by atoms with Crippen molar-refractivity contribution in [2.45, 2.75) is 32.2 Å². The number of fused-ring (bicyclic) bond motifs is 2. The van der Waals surface area contributed by atoms with Crippen molar-refractivity contribution >= 4 is 5.90 Å². The lowest BCUT2D eigenvalue weighted by Gasteiger charge is -2.48. The highest BCUT2D eigenvalue weighted by Gasteiger charge is 2.79. The van der Waals surface area contributed by atoms with E-state index >= 15 is 0 Å². The molecule has 4 atom stereocenters. The Morgan fingerprint density at radius 2 is 1.81 bits per heavy atom. The maximum atomic E-state index is 10.1. The highest BCUT2D eigenvalue weighted by atomic mass is 16.7. The van der Waals surface area contributed by atoms with Crippen molar-refractivity contribution in [3.8, 4) is 18.2 Å². The first-order chi connectivity index (χ1) is 12.5. The molecule has 1 aromatic rings. The van der Waals surface area contributed by atoms with Gasteiger partial charge in [-0.3, -0.25) is 5.41 Å². The SMILES string of the molecule is CC=CC1OC2(c3ccccc3)OC(=N)C(C#N)(C2CC)C1(C#N)C#N. The maximum Gasteiger partial charge on any atom is 0.244 e. The second-order valence-electron chi connectivity index (χ2n) is 6.44. The fraction of sp³-hybridized carbons (Fsp3) is 0.400. The molecule has 2 bridgehead atoms. The van der Waals surface area contributed by atoms with Gasteiger partial charge in [-0.2, -0.15) is 15.8 Å². The largest absolute Gasteiger partial charge is 0.443 e. The van der Waals surface area contributed by atoms with Crippen molar-refractivity contribution in [2.24, 2.45) is 16.7 Å². The molecule has 3 rings (SSSR count). The maximum absolute atomic E-state index is 10.1. The van der Waals surface area contributed by atoms with Crippen molar-refractivity contribution in [3.63, 3.8) is 0 Å². The molecule has 1 N–H and O–H groups in total. The van der Waals surface area contributed by atoms with Crippen molar-refractivity contribution in [2.75, 3.05) is 0 Å². The average molecular weight is 346 g/mol. The van der Waals surface area contributed by atoms with Crippen LogP contribution in [0.2, 0.25) is 0 Å². The summed E-state index contributed by atoms with van der Waals surface area (Å²) in [6.07, 6.45) is 2.66. The van der Waals surface area contributed by atoms with Crippen molar-refractivity contribution < 1.29 is 9.47 Å². The highest BCUT2D eigenvalue weighted by molar-refractivity contribution is 5.89. The minimum atomic E-state index is -1.87. The summed E-state index contributed by atoms with van der Waals surface area (Å²) in [7, 11) is 0. The van der Waals surface area contributed by atoms with E-state index in [1.165, 1.54) is 0 Å². The van der Waals surface area contributed by atoms with Crippen molar-refractivity contribution in [1.29, 1.82) is 21.2 Å². The summed E-state index contributed by atoms with van der Waals surface area (Å²) in [5.41, 5.74) is -2.93. The van der Waals surface area contributed by atoms with Gasteiger partial charge in [0.15, 0.2) is 5.41 Å². The molecule has 2 aliphatic rings. The first-order valence-electron chi connectivity index (χ1n) is 8.40. The number of nitrogens with zero attached hydrogens (tertiary/aromatic N) is 3. The van der Waals surface area contributed by atoms with Gasteiger partial charge in [0.05, 0.1) is 24.1 Å².